The van der Waals surface area contributed by atoms with Gasteiger partial charge in [0.25, 0.3) is 0 Å². The Bertz CT molecular complexity index is 638. The monoisotopic (exact) mass is 331 g/mol. The van der Waals surface area contributed by atoms with Crippen LogP contribution in [0.1, 0.15) is 19.0 Å². The van der Waals surface area contributed by atoms with Crippen LogP contribution in [-0.4, -0.2) is 15.3 Å². The van der Waals surface area contributed by atoms with Gasteiger partial charge in [0.2, 0.25) is 5.89 Å². The lowest BCUT2D eigenvalue weighted by atomic mass is 10.1. The minimum atomic E-state index is -1.02. The molecule has 0 amide bonds. The van der Waals surface area contributed by atoms with E-state index in [2.05, 4.69) is 4.98 Å². The lowest BCUT2D eigenvalue weighted by Crippen LogP contribution is -2.21. The molecule has 0 aliphatic heterocycles. The van der Waals surface area contributed by atoms with E-state index in [9.17, 15) is 4.79 Å². The van der Waals surface area contributed by atoms with E-state index < -0.39 is 15.7 Å². The van der Waals surface area contributed by atoms with Crippen LogP contribution in [0.15, 0.2) is 28.2 Å². The second kappa shape index (κ2) is 4.76. The Morgan fingerprint density at radius 3 is 2.95 bits per heavy atom. The molecule has 1 aliphatic carbocycles. The van der Waals surface area contributed by atoms with Crippen molar-refractivity contribution >= 4 is 40.5 Å². The van der Waals surface area contributed by atoms with Gasteiger partial charge in [0.1, 0.15) is 28.3 Å². The lowest BCUT2D eigenvalue weighted by Gasteiger charge is -2.10. The van der Waals surface area contributed by atoms with E-state index in [-0.39, 0.29) is 6.61 Å². The molecule has 20 heavy (non-hydrogen) atoms. The van der Waals surface area contributed by atoms with E-state index in [0.717, 1.165) is 4.88 Å². The van der Waals surface area contributed by atoms with Crippen LogP contribution in [0, 0.1) is 5.41 Å². The quantitative estimate of drug-likeness (QED) is 0.627. The van der Waals surface area contributed by atoms with Gasteiger partial charge >= 0.3 is 5.97 Å². The molecule has 0 spiro atoms. The van der Waals surface area contributed by atoms with E-state index in [4.69, 9.17) is 32.4 Å². The number of nitrogens with zero attached hydrogens (tertiary/aromatic N) is 1. The summed E-state index contributed by atoms with van der Waals surface area (Å²) < 4.78 is 9.52. The molecule has 1 aliphatic rings. The highest BCUT2D eigenvalue weighted by Crippen LogP contribution is 2.64. The van der Waals surface area contributed by atoms with Crippen molar-refractivity contribution in [1.29, 1.82) is 0 Å². The highest BCUT2D eigenvalue weighted by atomic mass is 35.5. The summed E-state index contributed by atoms with van der Waals surface area (Å²) in [4.78, 5) is 17.1. The fraction of sp³-hybridized carbons (Fsp3) is 0.385. The number of thiophene rings is 1. The van der Waals surface area contributed by atoms with Gasteiger partial charge in [0.05, 0.1) is 4.88 Å². The van der Waals surface area contributed by atoms with Crippen LogP contribution in [0.2, 0.25) is 0 Å². The average molecular weight is 332 g/mol. The predicted octanol–water partition coefficient (Wildman–Crippen LogP) is 4.03. The van der Waals surface area contributed by atoms with Crippen molar-refractivity contribution in [3.05, 3.63) is 29.5 Å². The number of hydrogen-bond acceptors (Lipinski definition) is 5. The van der Waals surface area contributed by atoms with Crippen LogP contribution < -0.4 is 0 Å². The van der Waals surface area contributed by atoms with E-state index in [1.165, 1.54) is 17.6 Å². The number of ether oxygens (including phenoxy) is 1. The van der Waals surface area contributed by atoms with Crippen molar-refractivity contribution in [2.24, 2.45) is 5.41 Å². The van der Waals surface area contributed by atoms with E-state index in [1.54, 1.807) is 6.92 Å². The van der Waals surface area contributed by atoms with Crippen LogP contribution in [-0.2, 0) is 16.1 Å². The Kier molecular flexibility index (Phi) is 3.31. The van der Waals surface area contributed by atoms with Gasteiger partial charge in [-0.2, -0.15) is 0 Å². The van der Waals surface area contributed by atoms with Gasteiger partial charge in [-0.3, -0.25) is 4.79 Å². The summed E-state index contributed by atoms with van der Waals surface area (Å²) in [5.41, 5.74) is -0.267. The van der Waals surface area contributed by atoms with Crippen molar-refractivity contribution in [2.75, 3.05) is 0 Å². The first-order valence-electron chi connectivity index (χ1n) is 5.96. The zero-order chi connectivity index (χ0) is 14.4. The maximum atomic E-state index is 11.9. The first-order chi connectivity index (χ1) is 9.42. The second-order valence-corrected chi connectivity index (χ2v) is 7.34. The normalized spacial score (nSPS) is 23.6. The number of oxazole rings is 1. The van der Waals surface area contributed by atoms with Gasteiger partial charge in [0.15, 0.2) is 0 Å². The fourth-order valence-electron chi connectivity index (χ4n) is 1.81. The molecule has 2 aromatic heterocycles. The third-order valence-corrected chi connectivity index (χ3v) is 5.30. The van der Waals surface area contributed by atoms with Crippen molar-refractivity contribution in [2.45, 2.75) is 24.3 Å². The van der Waals surface area contributed by atoms with Gasteiger partial charge in [-0.25, -0.2) is 4.98 Å². The number of hydrogen-bond donors (Lipinski definition) is 0. The molecule has 3 rings (SSSR count). The van der Waals surface area contributed by atoms with Gasteiger partial charge in [-0.1, -0.05) is 6.07 Å². The molecule has 1 saturated carbocycles. The summed E-state index contributed by atoms with van der Waals surface area (Å²) >= 11 is 13.4. The maximum Gasteiger partial charge on any atom is 0.315 e. The smallest absolute Gasteiger partial charge is 0.315 e. The summed E-state index contributed by atoms with van der Waals surface area (Å²) in [5, 5.41) is 1.94. The van der Waals surface area contributed by atoms with Gasteiger partial charge in [-0.05, 0) is 18.4 Å². The van der Waals surface area contributed by atoms with Crippen LogP contribution in [0.25, 0.3) is 10.8 Å². The molecule has 2 aromatic rings. The van der Waals surface area contributed by atoms with E-state index >= 15 is 0 Å². The van der Waals surface area contributed by atoms with E-state index in [0.29, 0.717) is 18.0 Å². The molecule has 1 atom stereocenters. The highest BCUT2D eigenvalue weighted by Gasteiger charge is 2.69. The zero-order valence-corrected chi connectivity index (χ0v) is 12.9. The number of halogens is 2. The summed E-state index contributed by atoms with van der Waals surface area (Å²) in [6.45, 7) is 1.74. The molecule has 0 radical (unpaired) electrons. The standard InChI is InChI=1S/C13H11Cl2NO3S/c1-12(7-13(12,14)15)11(17)19-6-8-5-18-10(16-8)9-3-2-4-20-9/h2-5H,6-7H2,1H3. The Morgan fingerprint density at radius 1 is 1.60 bits per heavy atom. The molecule has 0 N–H and O–H groups in total. The average Bonchev–Trinajstić information content (AvgIpc) is 2.92. The molecule has 0 aromatic carbocycles. The topological polar surface area (TPSA) is 52.3 Å². The second-order valence-electron chi connectivity index (χ2n) is 4.91. The molecule has 106 valence electrons. The zero-order valence-electron chi connectivity index (χ0n) is 10.6. The molecule has 1 fully saturated rings. The fourth-order valence-corrected chi connectivity index (χ4v) is 3.15. The summed E-state index contributed by atoms with van der Waals surface area (Å²) in [6, 6.07) is 3.82. The number of aromatic nitrogens is 1. The SMILES string of the molecule is CC1(C(=O)OCc2coc(-c3cccs3)n2)CC1(Cl)Cl. The first-order valence-corrected chi connectivity index (χ1v) is 7.59. The molecule has 0 bridgehead atoms. The number of rotatable bonds is 4. The van der Waals surface area contributed by atoms with Gasteiger partial charge in [-0.15, -0.1) is 34.5 Å². The van der Waals surface area contributed by atoms with Crippen molar-refractivity contribution in [3.63, 3.8) is 0 Å². The molecule has 4 nitrogen and oxygen atoms in total. The Morgan fingerprint density at radius 2 is 2.35 bits per heavy atom. The molecule has 0 saturated heterocycles. The van der Waals surface area contributed by atoms with Gasteiger partial charge < -0.3 is 9.15 Å². The summed E-state index contributed by atoms with van der Waals surface area (Å²) in [7, 11) is 0. The van der Waals surface area contributed by atoms with Crippen LogP contribution >= 0.6 is 34.5 Å². The molecular formula is C13H11Cl2NO3S. The Hall–Kier alpha value is -1.04. The first kappa shape index (κ1) is 13.9. The van der Waals surface area contributed by atoms with Gasteiger partial charge in [0, 0.05) is 6.42 Å². The minimum absolute atomic E-state index is 0.0488. The third kappa shape index (κ3) is 2.34. The Labute approximate surface area is 129 Å². The number of esters is 1. The van der Waals surface area contributed by atoms with Crippen LogP contribution in [0.5, 0.6) is 0 Å². The predicted molar refractivity (Wildman–Crippen MR) is 76.8 cm³/mol. The number of carbonyl (C=O) groups is 1. The minimum Gasteiger partial charge on any atom is -0.459 e. The molecule has 2 heterocycles. The maximum absolute atomic E-state index is 11.9. The molecule has 7 heteroatoms. The summed E-state index contributed by atoms with van der Waals surface area (Å²) in [6.07, 6.45) is 1.88. The van der Waals surface area contributed by atoms with Crippen molar-refractivity contribution in [1.82, 2.24) is 4.98 Å². The van der Waals surface area contributed by atoms with Crippen LogP contribution in [0.3, 0.4) is 0 Å². The van der Waals surface area contributed by atoms with Crippen molar-refractivity contribution in [3.8, 4) is 10.8 Å². The highest BCUT2D eigenvalue weighted by molar-refractivity contribution is 7.13. The van der Waals surface area contributed by atoms with E-state index in [1.807, 2.05) is 17.5 Å². The molecule has 1 unspecified atom stereocenters. The van der Waals surface area contributed by atoms with Crippen LogP contribution in [0.4, 0.5) is 0 Å². The third-order valence-electron chi connectivity index (χ3n) is 3.34. The number of carbonyl (C=O) groups excluding carboxylic acids is 1. The lowest BCUT2D eigenvalue weighted by molar-refractivity contribution is -0.151. The Balaban J connectivity index is 1.61. The number of alkyl halides is 2. The summed E-state index contributed by atoms with van der Waals surface area (Å²) in [5.74, 6) is 0.107. The largest absolute Gasteiger partial charge is 0.459 e. The van der Waals surface area contributed by atoms with Crippen molar-refractivity contribution < 1.29 is 13.9 Å². The molecular weight excluding hydrogens is 321 g/mol.